The van der Waals surface area contributed by atoms with Gasteiger partial charge in [0.15, 0.2) is 0 Å². The van der Waals surface area contributed by atoms with Crippen molar-refractivity contribution in [3.8, 4) is 0 Å². The number of nitrogens with one attached hydrogen (secondary N) is 2. The predicted molar refractivity (Wildman–Crippen MR) is 93.1 cm³/mol. The van der Waals surface area contributed by atoms with Gasteiger partial charge in [-0.2, -0.15) is 5.10 Å². The fraction of sp³-hybridized carbons (Fsp3) is 0.118. The Morgan fingerprint density at radius 3 is 2.36 bits per heavy atom. The first-order chi connectivity index (χ1) is 12.1. The number of hydrogen-bond acceptors (Lipinski definition) is 5. The average molecular weight is 340 g/mol. The molecule has 2 aromatic rings. The molecule has 8 nitrogen and oxygen atoms in total. The lowest BCUT2D eigenvalue weighted by molar-refractivity contribution is -0.385. The minimum absolute atomic E-state index is 0.00172. The number of nitro groups is 1. The topological polar surface area (TPSA) is 114 Å². The van der Waals surface area contributed by atoms with Crippen LogP contribution < -0.4 is 10.7 Å². The highest BCUT2D eigenvalue weighted by atomic mass is 16.6. The van der Waals surface area contributed by atoms with E-state index in [4.69, 9.17) is 0 Å². The number of carbonyl (C=O) groups excluding carboxylic acids is 2. The van der Waals surface area contributed by atoms with Crippen molar-refractivity contribution in [1.82, 2.24) is 5.43 Å². The Balaban J connectivity index is 1.79. The molecule has 0 fully saturated rings. The molecule has 0 aromatic heterocycles. The zero-order valence-electron chi connectivity index (χ0n) is 13.2. The van der Waals surface area contributed by atoms with Crippen LogP contribution in [0.2, 0.25) is 0 Å². The SMILES string of the molecule is O=C(CCC(=O)Nc1ccccc1)N/N=C\c1ccccc1[N+](=O)[O-]. The second-order valence-corrected chi connectivity index (χ2v) is 5.02. The van der Waals surface area contributed by atoms with Crippen LogP contribution in [-0.4, -0.2) is 23.0 Å². The van der Waals surface area contributed by atoms with Crippen molar-refractivity contribution in [2.45, 2.75) is 12.8 Å². The summed E-state index contributed by atoms with van der Waals surface area (Å²) in [7, 11) is 0. The Hall–Kier alpha value is -3.55. The van der Waals surface area contributed by atoms with Gasteiger partial charge < -0.3 is 5.32 Å². The summed E-state index contributed by atoms with van der Waals surface area (Å²) in [5, 5.41) is 17.2. The van der Waals surface area contributed by atoms with Gasteiger partial charge in [-0.25, -0.2) is 5.43 Å². The van der Waals surface area contributed by atoms with E-state index in [1.54, 1.807) is 36.4 Å². The van der Waals surface area contributed by atoms with E-state index in [2.05, 4.69) is 15.8 Å². The van der Waals surface area contributed by atoms with E-state index in [0.717, 1.165) is 0 Å². The van der Waals surface area contributed by atoms with Crippen molar-refractivity contribution in [2.75, 3.05) is 5.32 Å². The Morgan fingerprint density at radius 2 is 1.64 bits per heavy atom. The van der Waals surface area contributed by atoms with E-state index in [-0.39, 0.29) is 30.0 Å². The normalized spacial score (nSPS) is 10.4. The lowest BCUT2D eigenvalue weighted by Gasteiger charge is -2.04. The van der Waals surface area contributed by atoms with Crippen molar-refractivity contribution in [3.05, 3.63) is 70.3 Å². The lowest BCUT2D eigenvalue weighted by atomic mass is 10.2. The van der Waals surface area contributed by atoms with Gasteiger partial charge >= 0.3 is 0 Å². The summed E-state index contributed by atoms with van der Waals surface area (Å²) in [6.45, 7) is 0. The largest absolute Gasteiger partial charge is 0.326 e. The number of anilines is 1. The Labute approximate surface area is 143 Å². The van der Waals surface area contributed by atoms with Crippen LogP contribution in [0.15, 0.2) is 59.7 Å². The molecule has 0 aliphatic carbocycles. The van der Waals surface area contributed by atoms with Gasteiger partial charge in [-0.15, -0.1) is 0 Å². The fourth-order valence-corrected chi connectivity index (χ4v) is 1.96. The molecule has 0 saturated carbocycles. The van der Waals surface area contributed by atoms with E-state index in [1.165, 1.54) is 18.3 Å². The Bertz CT molecular complexity index is 790. The quantitative estimate of drug-likeness (QED) is 0.458. The van der Waals surface area contributed by atoms with E-state index in [0.29, 0.717) is 5.69 Å². The third kappa shape index (κ3) is 5.87. The third-order valence-corrected chi connectivity index (χ3v) is 3.16. The molecule has 128 valence electrons. The van der Waals surface area contributed by atoms with Crippen LogP contribution in [0.3, 0.4) is 0 Å². The van der Waals surface area contributed by atoms with E-state index in [9.17, 15) is 19.7 Å². The molecule has 0 heterocycles. The van der Waals surface area contributed by atoms with E-state index < -0.39 is 10.8 Å². The van der Waals surface area contributed by atoms with Gasteiger partial charge in [0, 0.05) is 24.6 Å². The summed E-state index contributed by atoms with van der Waals surface area (Å²) < 4.78 is 0. The van der Waals surface area contributed by atoms with Crippen molar-refractivity contribution < 1.29 is 14.5 Å². The molecule has 0 unspecified atom stereocenters. The van der Waals surface area contributed by atoms with Crippen molar-refractivity contribution in [2.24, 2.45) is 5.10 Å². The molecule has 2 N–H and O–H groups in total. The summed E-state index contributed by atoms with van der Waals surface area (Å²) in [6.07, 6.45) is 1.15. The van der Waals surface area contributed by atoms with Gasteiger partial charge in [-0.1, -0.05) is 30.3 Å². The van der Waals surface area contributed by atoms with Gasteiger partial charge in [0.25, 0.3) is 5.69 Å². The monoisotopic (exact) mass is 340 g/mol. The van der Waals surface area contributed by atoms with Crippen LogP contribution in [0.1, 0.15) is 18.4 Å². The molecule has 2 amide bonds. The molecule has 0 radical (unpaired) electrons. The van der Waals surface area contributed by atoms with Crippen LogP contribution in [0.25, 0.3) is 0 Å². The van der Waals surface area contributed by atoms with Crippen LogP contribution in [-0.2, 0) is 9.59 Å². The number of carbonyl (C=O) groups is 2. The number of nitro benzene ring substituents is 1. The second kappa shape index (κ2) is 8.92. The van der Waals surface area contributed by atoms with Gasteiger partial charge in [0.2, 0.25) is 11.8 Å². The molecular formula is C17H16N4O4. The van der Waals surface area contributed by atoms with Gasteiger partial charge in [0.05, 0.1) is 16.7 Å². The molecule has 8 heteroatoms. The number of hydrazone groups is 1. The number of rotatable bonds is 7. The van der Waals surface area contributed by atoms with Crippen LogP contribution in [0.5, 0.6) is 0 Å². The van der Waals surface area contributed by atoms with Gasteiger partial charge in [-0.3, -0.25) is 19.7 Å². The minimum atomic E-state index is -0.531. The minimum Gasteiger partial charge on any atom is -0.326 e. The maximum absolute atomic E-state index is 11.7. The molecule has 0 saturated heterocycles. The first-order valence-electron chi connectivity index (χ1n) is 7.46. The second-order valence-electron chi connectivity index (χ2n) is 5.02. The van der Waals surface area contributed by atoms with Crippen LogP contribution >= 0.6 is 0 Å². The lowest BCUT2D eigenvalue weighted by Crippen LogP contribution is -2.20. The number of benzene rings is 2. The molecule has 2 aromatic carbocycles. The van der Waals surface area contributed by atoms with Crippen molar-refractivity contribution in [1.29, 1.82) is 0 Å². The number of amides is 2. The Kier molecular flexibility index (Phi) is 6.35. The predicted octanol–water partition coefficient (Wildman–Crippen LogP) is 2.46. The zero-order chi connectivity index (χ0) is 18.1. The standard InChI is InChI=1S/C17H16N4O4/c22-16(19-14-7-2-1-3-8-14)10-11-17(23)20-18-12-13-6-4-5-9-15(13)21(24)25/h1-9,12H,10-11H2,(H,19,22)(H,20,23)/b18-12-. The first-order valence-corrected chi connectivity index (χ1v) is 7.46. The number of hydrogen-bond donors (Lipinski definition) is 2. The van der Waals surface area contributed by atoms with E-state index >= 15 is 0 Å². The summed E-state index contributed by atoms with van der Waals surface area (Å²) >= 11 is 0. The highest BCUT2D eigenvalue weighted by molar-refractivity contribution is 5.93. The Morgan fingerprint density at radius 1 is 1.00 bits per heavy atom. The third-order valence-electron chi connectivity index (χ3n) is 3.16. The average Bonchev–Trinajstić information content (AvgIpc) is 2.61. The summed E-state index contributed by atoms with van der Waals surface area (Å²) in [4.78, 5) is 33.7. The molecule has 0 bridgehead atoms. The van der Waals surface area contributed by atoms with Crippen molar-refractivity contribution >= 4 is 29.4 Å². The summed E-state index contributed by atoms with van der Waals surface area (Å²) in [5.74, 6) is -0.748. The van der Waals surface area contributed by atoms with Gasteiger partial charge in [-0.05, 0) is 18.2 Å². The molecule has 0 spiro atoms. The summed E-state index contributed by atoms with van der Waals surface area (Å²) in [6, 6.07) is 14.9. The molecule has 2 rings (SSSR count). The number of para-hydroxylation sites is 2. The fourth-order valence-electron chi connectivity index (χ4n) is 1.96. The maximum atomic E-state index is 11.7. The first kappa shape index (κ1) is 17.8. The highest BCUT2D eigenvalue weighted by Crippen LogP contribution is 2.15. The highest BCUT2D eigenvalue weighted by Gasteiger charge is 2.10. The van der Waals surface area contributed by atoms with Crippen molar-refractivity contribution in [3.63, 3.8) is 0 Å². The maximum Gasteiger partial charge on any atom is 0.278 e. The van der Waals surface area contributed by atoms with E-state index in [1.807, 2.05) is 6.07 Å². The zero-order valence-corrected chi connectivity index (χ0v) is 13.2. The molecule has 25 heavy (non-hydrogen) atoms. The summed E-state index contributed by atoms with van der Waals surface area (Å²) in [5.41, 5.74) is 3.06. The molecule has 0 aliphatic rings. The smallest absolute Gasteiger partial charge is 0.278 e. The van der Waals surface area contributed by atoms with Gasteiger partial charge in [0.1, 0.15) is 0 Å². The molecule has 0 aliphatic heterocycles. The van der Waals surface area contributed by atoms with Crippen LogP contribution in [0, 0.1) is 10.1 Å². The molecule has 0 atom stereocenters. The molecular weight excluding hydrogens is 324 g/mol. The number of nitrogens with zero attached hydrogens (tertiary/aromatic N) is 2. The van der Waals surface area contributed by atoms with Crippen LogP contribution in [0.4, 0.5) is 11.4 Å².